The number of nitrogens with zero attached hydrogens (tertiary/aromatic N) is 2. The number of quaternary nitrogens is 1. The first-order chi connectivity index (χ1) is 19.2. The minimum Gasteiger partial charge on any atom is -0.350 e. The molecule has 226 valence electrons. The number of rotatable bonds is 7. The molecule has 2 aliphatic rings. The number of halogens is 8. The fourth-order valence-electron chi connectivity index (χ4n) is 6.39. The van der Waals surface area contributed by atoms with Crippen molar-refractivity contribution in [1.82, 2.24) is 10.2 Å². The Balaban J connectivity index is 1.80. The zero-order valence-corrected chi connectivity index (χ0v) is 24.2. The van der Waals surface area contributed by atoms with E-state index in [2.05, 4.69) is 10.2 Å². The molecule has 0 aliphatic carbocycles. The average molecular weight is 626 g/mol. The van der Waals surface area contributed by atoms with Gasteiger partial charge in [-0.15, -0.1) is 0 Å². The summed E-state index contributed by atoms with van der Waals surface area (Å²) in [5, 5.41) is 3.34. The third-order valence-electron chi connectivity index (χ3n) is 8.41. The second-order valence-corrected chi connectivity index (χ2v) is 11.9. The lowest BCUT2D eigenvalue weighted by atomic mass is 9.91. The second-order valence-electron chi connectivity index (χ2n) is 11.2. The molecule has 2 aliphatic heterocycles. The summed E-state index contributed by atoms with van der Waals surface area (Å²) >= 11 is 13.0. The van der Waals surface area contributed by atoms with E-state index in [0.29, 0.717) is 31.5 Å². The van der Waals surface area contributed by atoms with Crippen molar-refractivity contribution in [3.05, 3.63) is 68.7 Å². The van der Waals surface area contributed by atoms with E-state index >= 15 is 0 Å². The number of carbonyl (C=O) groups excluding carboxylic acids is 1. The van der Waals surface area contributed by atoms with Gasteiger partial charge >= 0.3 is 12.4 Å². The summed E-state index contributed by atoms with van der Waals surface area (Å²) in [6.45, 7) is 4.25. The highest BCUT2D eigenvalue weighted by Gasteiger charge is 2.45. The molecule has 1 atom stereocenters. The van der Waals surface area contributed by atoms with Crippen LogP contribution in [-0.4, -0.2) is 54.1 Å². The average Bonchev–Trinajstić information content (AvgIpc) is 2.90. The van der Waals surface area contributed by atoms with Crippen LogP contribution in [0.5, 0.6) is 0 Å². The number of alkyl halides is 6. The molecule has 2 aromatic carbocycles. The first-order valence-electron chi connectivity index (χ1n) is 13.8. The third-order valence-corrected chi connectivity index (χ3v) is 9.25. The SMILES string of the molecule is CC(=O)NCC(c1cccc(Cl)c1Cl)[N+]1(Cc2cc(C(F)(F)F)cc(C(F)(F)F)c2)CCC(N2CCCCC2)CC1. The molecule has 0 saturated carbocycles. The maximum Gasteiger partial charge on any atom is 0.416 e. The minimum absolute atomic E-state index is 0.0745. The fraction of sp³-hybridized carbons (Fsp3) is 0.552. The van der Waals surface area contributed by atoms with E-state index in [1.807, 2.05) is 0 Å². The lowest BCUT2D eigenvalue weighted by Gasteiger charge is -2.51. The Morgan fingerprint density at radius 1 is 0.976 bits per heavy atom. The molecule has 2 heterocycles. The Morgan fingerprint density at radius 2 is 1.56 bits per heavy atom. The number of piperidine rings is 2. The van der Waals surface area contributed by atoms with Crippen molar-refractivity contribution in [2.75, 3.05) is 32.7 Å². The number of hydrogen-bond acceptors (Lipinski definition) is 2. The van der Waals surface area contributed by atoms with E-state index < -0.39 is 29.5 Å². The van der Waals surface area contributed by atoms with Crippen molar-refractivity contribution in [2.45, 2.75) is 70.0 Å². The van der Waals surface area contributed by atoms with Crippen LogP contribution >= 0.6 is 23.2 Å². The molecule has 4 rings (SSSR count). The first kappa shape index (κ1) is 31.9. The van der Waals surface area contributed by atoms with Crippen molar-refractivity contribution in [3.8, 4) is 0 Å². The first-order valence-corrected chi connectivity index (χ1v) is 14.5. The van der Waals surface area contributed by atoms with Crippen LogP contribution in [0.4, 0.5) is 26.3 Å². The van der Waals surface area contributed by atoms with Crippen LogP contribution in [0, 0.1) is 0 Å². The molecule has 1 N–H and O–H groups in total. The van der Waals surface area contributed by atoms with Crippen molar-refractivity contribution < 1.29 is 35.6 Å². The maximum atomic E-state index is 13.7. The number of carbonyl (C=O) groups is 1. The van der Waals surface area contributed by atoms with Crippen LogP contribution in [0.3, 0.4) is 0 Å². The monoisotopic (exact) mass is 624 g/mol. The van der Waals surface area contributed by atoms with Gasteiger partial charge in [0.15, 0.2) is 0 Å². The number of likely N-dealkylation sites (tertiary alicyclic amines) is 2. The standard InChI is InChI=1S/C29H33Cl2F6N3O/c1-19(41)38-17-26(24-6-5-7-25(30)27(24)31)40(12-8-23(9-13-40)39-10-3-2-4-11-39)18-20-14-21(28(32,33)34)16-22(15-20)29(35,36)37/h5-7,14-16,23,26H,2-4,8-13,17-18H2,1H3/p+1. The fourth-order valence-corrected chi connectivity index (χ4v) is 6.82. The molecule has 0 aromatic heterocycles. The molecule has 2 saturated heterocycles. The molecule has 0 spiro atoms. The lowest BCUT2D eigenvalue weighted by Crippen LogP contribution is -2.60. The van der Waals surface area contributed by atoms with E-state index in [0.717, 1.165) is 38.1 Å². The van der Waals surface area contributed by atoms with E-state index in [1.54, 1.807) is 18.2 Å². The van der Waals surface area contributed by atoms with Gasteiger partial charge in [-0.2, -0.15) is 26.3 Å². The van der Waals surface area contributed by atoms with Gasteiger partial charge in [-0.25, -0.2) is 0 Å². The molecule has 41 heavy (non-hydrogen) atoms. The normalized spacial score (nSPS) is 23.3. The van der Waals surface area contributed by atoms with Crippen LogP contribution in [0.1, 0.15) is 67.3 Å². The van der Waals surface area contributed by atoms with Crippen molar-refractivity contribution in [2.24, 2.45) is 0 Å². The Kier molecular flexibility index (Phi) is 9.88. The number of amides is 1. The van der Waals surface area contributed by atoms with E-state index in [1.165, 1.54) is 13.3 Å². The van der Waals surface area contributed by atoms with Crippen LogP contribution in [0.2, 0.25) is 10.0 Å². The van der Waals surface area contributed by atoms with Gasteiger partial charge in [-0.1, -0.05) is 41.8 Å². The van der Waals surface area contributed by atoms with Crippen LogP contribution in [-0.2, 0) is 23.7 Å². The van der Waals surface area contributed by atoms with Crippen LogP contribution in [0.25, 0.3) is 0 Å². The zero-order chi connectivity index (χ0) is 30.0. The van der Waals surface area contributed by atoms with E-state index in [9.17, 15) is 31.1 Å². The summed E-state index contributed by atoms with van der Waals surface area (Å²) in [6.07, 6.45) is -5.11. The molecule has 0 bridgehead atoms. The van der Waals surface area contributed by atoms with E-state index in [-0.39, 0.29) is 51.2 Å². The summed E-state index contributed by atoms with van der Waals surface area (Å²) in [5.74, 6) is -0.312. The minimum atomic E-state index is -4.95. The predicted octanol–water partition coefficient (Wildman–Crippen LogP) is 7.87. The predicted molar refractivity (Wildman–Crippen MR) is 146 cm³/mol. The van der Waals surface area contributed by atoms with Gasteiger partial charge < -0.3 is 9.80 Å². The van der Waals surface area contributed by atoms with Gasteiger partial charge in [0.2, 0.25) is 5.91 Å². The third kappa shape index (κ3) is 7.69. The highest BCUT2D eigenvalue weighted by molar-refractivity contribution is 6.42. The summed E-state index contributed by atoms with van der Waals surface area (Å²) in [5.41, 5.74) is -2.17. The topological polar surface area (TPSA) is 32.3 Å². The van der Waals surface area contributed by atoms with E-state index in [4.69, 9.17) is 23.2 Å². The quantitative estimate of drug-likeness (QED) is 0.251. The Labute approximate surface area is 246 Å². The Bertz CT molecular complexity index is 1190. The molecule has 0 radical (unpaired) electrons. The molecule has 1 unspecified atom stereocenters. The Hall–Kier alpha value is -2.01. The van der Waals surface area contributed by atoms with Gasteiger partial charge in [0.1, 0.15) is 12.6 Å². The van der Waals surface area contributed by atoms with Gasteiger partial charge in [0.05, 0.1) is 40.8 Å². The van der Waals surface area contributed by atoms with Crippen molar-refractivity contribution in [3.63, 3.8) is 0 Å². The number of benzene rings is 2. The van der Waals surface area contributed by atoms with Gasteiger partial charge in [-0.3, -0.25) is 9.69 Å². The molecular weight excluding hydrogens is 591 g/mol. The highest BCUT2D eigenvalue weighted by Crippen LogP contribution is 2.43. The lowest BCUT2D eigenvalue weighted by molar-refractivity contribution is -0.972. The smallest absolute Gasteiger partial charge is 0.350 e. The number of nitrogens with one attached hydrogen (secondary N) is 1. The van der Waals surface area contributed by atoms with Crippen LogP contribution in [0.15, 0.2) is 36.4 Å². The molecule has 2 fully saturated rings. The zero-order valence-electron chi connectivity index (χ0n) is 22.7. The summed E-state index contributed by atoms with van der Waals surface area (Å²) < 4.78 is 82.6. The Morgan fingerprint density at radius 3 is 2.10 bits per heavy atom. The van der Waals surface area contributed by atoms with Crippen LogP contribution < -0.4 is 5.32 Å². The molecule has 2 aromatic rings. The van der Waals surface area contributed by atoms with Gasteiger partial charge in [-0.05, 0) is 50.2 Å². The highest BCUT2D eigenvalue weighted by atomic mass is 35.5. The molecule has 4 nitrogen and oxygen atoms in total. The van der Waals surface area contributed by atoms with Crippen molar-refractivity contribution >= 4 is 29.1 Å². The molecule has 12 heteroatoms. The maximum absolute atomic E-state index is 13.7. The summed E-state index contributed by atoms with van der Waals surface area (Å²) in [7, 11) is 0. The molecular formula is C29H34Cl2F6N3O+. The van der Waals surface area contributed by atoms with Gasteiger partial charge in [0, 0.05) is 36.9 Å². The van der Waals surface area contributed by atoms with Gasteiger partial charge in [0.25, 0.3) is 0 Å². The van der Waals surface area contributed by atoms with Crippen molar-refractivity contribution in [1.29, 1.82) is 0 Å². The second kappa shape index (κ2) is 12.7. The summed E-state index contributed by atoms with van der Waals surface area (Å²) in [6, 6.07) is 6.54. The molecule has 1 amide bonds. The summed E-state index contributed by atoms with van der Waals surface area (Å²) in [4.78, 5) is 14.5. The number of hydrogen-bond donors (Lipinski definition) is 1. The largest absolute Gasteiger partial charge is 0.416 e.